The number of esters is 1. The van der Waals surface area contributed by atoms with Crippen LogP contribution < -0.4 is 5.32 Å². The van der Waals surface area contributed by atoms with Crippen LogP contribution in [-0.2, 0) is 19.1 Å². The molecule has 9 nitrogen and oxygen atoms in total. The Balaban J connectivity index is 1.74. The number of hydrogen-bond acceptors (Lipinski definition) is 7. The van der Waals surface area contributed by atoms with Gasteiger partial charge in [0.1, 0.15) is 12.4 Å². The minimum Gasteiger partial charge on any atom is -0.457 e. The number of urea groups is 1. The smallest absolute Gasteiger partial charge is 0.325 e. The third kappa shape index (κ3) is 4.07. The van der Waals surface area contributed by atoms with Crippen molar-refractivity contribution in [3.63, 3.8) is 0 Å². The molecule has 2 fully saturated rings. The van der Waals surface area contributed by atoms with Gasteiger partial charge in [-0.2, -0.15) is 0 Å². The molecule has 3 aliphatic heterocycles. The van der Waals surface area contributed by atoms with Crippen molar-refractivity contribution in [2.75, 3.05) is 32.9 Å². The molecule has 27 heavy (non-hydrogen) atoms. The van der Waals surface area contributed by atoms with E-state index in [0.29, 0.717) is 38.6 Å². The molecular formula is C18H28N4O5. The van der Waals surface area contributed by atoms with Gasteiger partial charge < -0.3 is 14.4 Å². The topological polar surface area (TPSA) is 101 Å². The number of hydrogen-bond donors (Lipinski definition) is 1. The molecule has 3 unspecified atom stereocenters. The molecule has 0 saturated carbocycles. The Kier molecular flexibility index (Phi) is 6.30. The number of unbranched alkanes of at least 4 members (excludes halogenated alkanes) is 1. The summed E-state index contributed by atoms with van der Waals surface area (Å²) in [7, 11) is 0. The molecule has 0 bridgehead atoms. The largest absolute Gasteiger partial charge is 0.457 e. The number of carbonyl (C=O) groups is 3. The van der Waals surface area contributed by atoms with Crippen molar-refractivity contribution in [2.24, 2.45) is 10.9 Å². The molecule has 150 valence electrons. The summed E-state index contributed by atoms with van der Waals surface area (Å²) in [5.41, 5.74) is 0. The van der Waals surface area contributed by atoms with E-state index in [9.17, 15) is 14.4 Å². The Labute approximate surface area is 159 Å². The minimum atomic E-state index is -0.567. The number of amides is 3. The van der Waals surface area contributed by atoms with Crippen LogP contribution in [-0.4, -0.2) is 78.7 Å². The van der Waals surface area contributed by atoms with Gasteiger partial charge in [0.25, 0.3) is 5.91 Å². The summed E-state index contributed by atoms with van der Waals surface area (Å²) in [6.45, 7) is 6.15. The summed E-state index contributed by atoms with van der Waals surface area (Å²) >= 11 is 0. The maximum Gasteiger partial charge on any atom is 0.325 e. The molecule has 0 radical (unpaired) electrons. The Hall–Kier alpha value is -2.16. The number of nitrogens with zero attached hydrogens (tertiary/aromatic N) is 3. The van der Waals surface area contributed by atoms with Crippen LogP contribution in [0.2, 0.25) is 0 Å². The molecule has 0 spiro atoms. The van der Waals surface area contributed by atoms with Crippen molar-refractivity contribution in [3.8, 4) is 0 Å². The molecule has 0 aromatic heterocycles. The summed E-state index contributed by atoms with van der Waals surface area (Å²) in [5.74, 6) is -0.337. The second kappa shape index (κ2) is 8.69. The Morgan fingerprint density at radius 2 is 2.07 bits per heavy atom. The number of fused-ring (bicyclic) bond motifs is 1. The fourth-order valence-electron chi connectivity index (χ4n) is 3.67. The van der Waals surface area contributed by atoms with E-state index in [0.717, 1.165) is 19.3 Å². The average molecular weight is 380 g/mol. The lowest BCUT2D eigenvalue weighted by Crippen LogP contribution is -2.65. The molecule has 0 aliphatic carbocycles. The zero-order chi connectivity index (χ0) is 19.4. The molecular weight excluding hydrogens is 352 g/mol. The van der Waals surface area contributed by atoms with Gasteiger partial charge in [-0.1, -0.05) is 20.3 Å². The van der Waals surface area contributed by atoms with E-state index in [2.05, 4.69) is 10.3 Å². The molecule has 9 heteroatoms. The van der Waals surface area contributed by atoms with Crippen LogP contribution in [0.25, 0.3) is 0 Å². The zero-order valence-electron chi connectivity index (χ0n) is 16.0. The average Bonchev–Trinajstić information content (AvgIpc) is 3.29. The van der Waals surface area contributed by atoms with E-state index in [4.69, 9.17) is 9.47 Å². The molecule has 1 N–H and O–H groups in total. The highest BCUT2D eigenvalue weighted by molar-refractivity contribution is 6.04. The molecule has 3 rings (SSSR count). The third-order valence-corrected chi connectivity index (χ3v) is 5.13. The third-order valence-electron chi connectivity index (χ3n) is 5.13. The molecule has 3 heterocycles. The lowest BCUT2D eigenvalue weighted by molar-refractivity contribution is -0.146. The van der Waals surface area contributed by atoms with Gasteiger partial charge in [0.05, 0.1) is 12.5 Å². The highest BCUT2D eigenvalue weighted by Gasteiger charge is 2.49. The van der Waals surface area contributed by atoms with Crippen molar-refractivity contribution in [1.82, 2.24) is 15.1 Å². The van der Waals surface area contributed by atoms with Gasteiger partial charge in [-0.25, -0.2) is 9.79 Å². The van der Waals surface area contributed by atoms with Crippen molar-refractivity contribution < 1.29 is 23.9 Å². The molecule has 3 atom stereocenters. The minimum absolute atomic E-state index is 0.00538. The Morgan fingerprint density at radius 1 is 1.26 bits per heavy atom. The SMILES string of the molecule is CCCCN1C(=O)NC(=O)C2C1N=C(COC(=O)C1CCOC1)N2CCC. The number of ether oxygens (including phenoxy) is 2. The van der Waals surface area contributed by atoms with E-state index in [1.54, 1.807) is 4.90 Å². The number of nitrogens with one attached hydrogen (secondary N) is 1. The van der Waals surface area contributed by atoms with E-state index in [-0.39, 0.29) is 24.4 Å². The fourth-order valence-corrected chi connectivity index (χ4v) is 3.67. The molecule has 3 amide bonds. The van der Waals surface area contributed by atoms with Crippen LogP contribution in [0, 0.1) is 5.92 Å². The first kappa shape index (κ1) is 19.6. The number of aliphatic imine (C=N–C) groups is 1. The van der Waals surface area contributed by atoms with Gasteiger partial charge in [0, 0.05) is 19.7 Å². The maximum atomic E-state index is 12.5. The first-order valence-corrected chi connectivity index (χ1v) is 9.76. The number of rotatable bonds is 8. The van der Waals surface area contributed by atoms with Gasteiger partial charge in [0.2, 0.25) is 0 Å². The standard InChI is InChI=1S/C18H28N4O5/c1-3-5-8-22-15-14(16(23)20-18(22)25)21(7-4-2)13(19-15)11-27-17(24)12-6-9-26-10-12/h12,14-15H,3-11H2,1-2H3,(H,20,23,25). The quantitative estimate of drug-likeness (QED) is 0.623. The number of imide groups is 1. The number of carbonyl (C=O) groups excluding carboxylic acids is 3. The maximum absolute atomic E-state index is 12.5. The second-order valence-corrected chi connectivity index (χ2v) is 7.11. The van der Waals surface area contributed by atoms with Gasteiger partial charge in [-0.3, -0.25) is 19.8 Å². The van der Waals surface area contributed by atoms with E-state index in [1.165, 1.54) is 0 Å². The zero-order valence-corrected chi connectivity index (χ0v) is 16.0. The summed E-state index contributed by atoms with van der Waals surface area (Å²) in [4.78, 5) is 45.0. The van der Waals surface area contributed by atoms with Crippen LogP contribution in [0.1, 0.15) is 39.5 Å². The molecule has 0 aromatic rings. The Morgan fingerprint density at radius 3 is 2.74 bits per heavy atom. The molecule has 2 saturated heterocycles. The predicted octanol–water partition coefficient (Wildman–Crippen LogP) is 0.737. The first-order chi connectivity index (χ1) is 13.1. The van der Waals surface area contributed by atoms with Crippen molar-refractivity contribution in [3.05, 3.63) is 0 Å². The lowest BCUT2D eigenvalue weighted by Gasteiger charge is -2.38. The van der Waals surface area contributed by atoms with Crippen molar-refractivity contribution in [2.45, 2.75) is 51.7 Å². The highest BCUT2D eigenvalue weighted by atomic mass is 16.5. The van der Waals surface area contributed by atoms with E-state index >= 15 is 0 Å². The summed E-state index contributed by atoms with van der Waals surface area (Å²) < 4.78 is 10.7. The lowest BCUT2D eigenvalue weighted by atomic mass is 10.1. The summed E-state index contributed by atoms with van der Waals surface area (Å²) in [5, 5.41) is 2.44. The summed E-state index contributed by atoms with van der Waals surface area (Å²) in [6.07, 6.45) is 2.68. The van der Waals surface area contributed by atoms with Gasteiger partial charge in [-0.05, 0) is 19.3 Å². The predicted molar refractivity (Wildman–Crippen MR) is 97.0 cm³/mol. The van der Waals surface area contributed by atoms with Crippen molar-refractivity contribution in [1.29, 1.82) is 0 Å². The van der Waals surface area contributed by atoms with Crippen LogP contribution in [0.3, 0.4) is 0 Å². The normalized spacial score (nSPS) is 27.5. The Bertz CT molecular complexity index is 617. The van der Waals surface area contributed by atoms with Gasteiger partial charge >= 0.3 is 12.0 Å². The van der Waals surface area contributed by atoms with Gasteiger partial charge in [0.15, 0.2) is 12.2 Å². The highest BCUT2D eigenvalue weighted by Crippen LogP contribution is 2.26. The molecule has 0 aromatic carbocycles. The van der Waals surface area contributed by atoms with Crippen molar-refractivity contribution >= 4 is 23.7 Å². The van der Waals surface area contributed by atoms with E-state index in [1.807, 2.05) is 18.7 Å². The number of amidine groups is 1. The van der Waals surface area contributed by atoms with E-state index < -0.39 is 18.2 Å². The van der Waals surface area contributed by atoms with Crippen LogP contribution >= 0.6 is 0 Å². The summed E-state index contributed by atoms with van der Waals surface area (Å²) in [6, 6.07) is -0.973. The second-order valence-electron chi connectivity index (χ2n) is 7.11. The van der Waals surface area contributed by atoms with Crippen LogP contribution in [0.4, 0.5) is 4.79 Å². The monoisotopic (exact) mass is 380 g/mol. The molecule has 3 aliphatic rings. The first-order valence-electron chi connectivity index (χ1n) is 9.76. The fraction of sp³-hybridized carbons (Fsp3) is 0.778. The van der Waals surface area contributed by atoms with Crippen LogP contribution in [0.5, 0.6) is 0 Å². The van der Waals surface area contributed by atoms with Crippen LogP contribution in [0.15, 0.2) is 4.99 Å². The van der Waals surface area contributed by atoms with Gasteiger partial charge in [-0.15, -0.1) is 0 Å².